The van der Waals surface area contributed by atoms with E-state index in [9.17, 15) is 15.0 Å². The van der Waals surface area contributed by atoms with Crippen molar-refractivity contribution in [1.82, 2.24) is 34.4 Å². The molecule has 5 aromatic heterocycles. The van der Waals surface area contributed by atoms with Crippen LogP contribution in [0, 0.1) is 0 Å². The lowest BCUT2D eigenvalue weighted by Gasteiger charge is -2.23. The molecule has 0 atom stereocenters. The van der Waals surface area contributed by atoms with Crippen molar-refractivity contribution in [1.29, 1.82) is 0 Å². The Morgan fingerprint density at radius 2 is 1.44 bits per heavy atom. The van der Waals surface area contributed by atoms with Crippen LogP contribution in [0.3, 0.4) is 0 Å². The van der Waals surface area contributed by atoms with E-state index in [0.717, 1.165) is 115 Å². The molecule has 7 heterocycles. The summed E-state index contributed by atoms with van der Waals surface area (Å²) in [7, 11) is 2.08. The normalized spacial score (nSPS) is 15.2. The molecule has 16 heteroatoms. The van der Waals surface area contributed by atoms with Gasteiger partial charge in [0.05, 0.1) is 13.0 Å². The third-order valence-electron chi connectivity index (χ3n) is 14.4. The van der Waals surface area contributed by atoms with Gasteiger partial charge in [-0.15, -0.1) is 22.7 Å². The summed E-state index contributed by atoms with van der Waals surface area (Å²) in [6.45, 7) is 4.05. The van der Waals surface area contributed by atoms with Gasteiger partial charge in [0.15, 0.2) is 34.7 Å². The number of benzene rings is 4. The first kappa shape index (κ1) is 44.9. The van der Waals surface area contributed by atoms with Gasteiger partial charge in [0.1, 0.15) is 22.7 Å². The van der Waals surface area contributed by atoms with Gasteiger partial charge in [0.2, 0.25) is 5.91 Å². The Morgan fingerprint density at radius 3 is 2.27 bits per heavy atom. The lowest BCUT2D eigenvalue weighted by molar-refractivity contribution is -0.127. The molecule has 9 aromatic rings. The van der Waals surface area contributed by atoms with Crippen LogP contribution < -0.4 is 20.4 Å². The number of carbonyl (C=O) groups excluding carboxylic acids is 1. The van der Waals surface area contributed by atoms with Gasteiger partial charge in [-0.1, -0.05) is 67.8 Å². The number of phenols is 2. The van der Waals surface area contributed by atoms with Crippen molar-refractivity contribution in [2.45, 2.75) is 63.8 Å². The first-order valence-electron chi connectivity index (χ1n) is 24.8. The highest BCUT2D eigenvalue weighted by atomic mass is 32.1. The first-order valence-corrected chi connectivity index (χ1v) is 26.5. The molecule has 1 saturated heterocycles. The number of amides is 1. The number of aromatic nitrogens is 6. The highest BCUT2D eigenvalue weighted by molar-refractivity contribution is 7.18. The average molecular weight is 982 g/mol. The molecule has 71 heavy (non-hydrogen) atoms. The number of thiophene rings is 2. The van der Waals surface area contributed by atoms with Crippen LogP contribution in [0.5, 0.6) is 11.5 Å². The predicted molar refractivity (Wildman–Crippen MR) is 287 cm³/mol. The topological polar surface area (TPSA) is 161 Å². The second kappa shape index (κ2) is 19.1. The van der Waals surface area contributed by atoms with E-state index in [1.54, 1.807) is 40.9 Å². The molecule has 360 valence electrons. The SMILES string of the molecule is CN1CN(CCN2CCCC2=O)c2nc(-c3csc4ccccc34)nc(NCCc3ccc(O)cc3-c3ccc4c(-c5nc(NCCc6ccc(O)cc6)c6ncn(C7CCCCC7)c6n5)csc4c3)c21. The number of hydrogen-bond acceptors (Lipinski definition) is 14. The molecule has 0 spiro atoms. The number of nitrogens with zero attached hydrogens (tertiary/aromatic N) is 9. The fraction of sp³-hybridized carbons (Fsp3) is 0.309. The molecule has 3 aliphatic rings. The highest BCUT2D eigenvalue weighted by Crippen LogP contribution is 2.43. The van der Waals surface area contributed by atoms with Gasteiger partial charge < -0.3 is 40.1 Å². The van der Waals surface area contributed by atoms with Crippen LogP contribution in [0.15, 0.2) is 102 Å². The van der Waals surface area contributed by atoms with Crippen molar-refractivity contribution in [3.63, 3.8) is 0 Å². The van der Waals surface area contributed by atoms with Crippen LogP contribution in [0.1, 0.15) is 62.1 Å². The highest BCUT2D eigenvalue weighted by Gasteiger charge is 2.32. The number of fused-ring (bicyclic) bond motifs is 4. The zero-order valence-corrected chi connectivity index (χ0v) is 41.3. The maximum Gasteiger partial charge on any atom is 0.222 e. The summed E-state index contributed by atoms with van der Waals surface area (Å²) in [6.07, 6.45) is 10.8. The summed E-state index contributed by atoms with van der Waals surface area (Å²) in [6, 6.07) is 28.2. The lowest BCUT2D eigenvalue weighted by Crippen LogP contribution is -2.37. The van der Waals surface area contributed by atoms with Crippen molar-refractivity contribution in [3.8, 4) is 45.4 Å². The van der Waals surface area contributed by atoms with E-state index in [2.05, 4.69) is 85.3 Å². The Balaban J connectivity index is 0.828. The third kappa shape index (κ3) is 8.84. The second-order valence-corrected chi connectivity index (χ2v) is 20.9. The van der Waals surface area contributed by atoms with Crippen LogP contribution in [0.25, 0.3) is 65.2 Å². The maximum atomic E-state index is 12.5. The molecule has 14 nitrogen and oxygen atoms in total. The Kier molecular flexibility index (Phi) is 12.1. The zero-order chi connectivity index (χ0) is 48.0. The number of phenolic OH excluding ortho intramolecular Hbond substituents is 2. The molecular weight excluding hydrogens is 927 g/mol. The minimum atomic E-state index is 0.212. The number of hydrogen-bond donors (Lipinski definition) is 4. The number of carbonyl (C=O) groups is 1. The summed E-state index contributed by atoms with van der Waals surface area (Å²) in [5.41, 5.74) is 8.75. The van der Waals surface area contributed by atoms with Gasteiger partial charge in [-0.3, -0.25) is 4.79 Å². The molecule has 4 N–H and O–H groups in total. The number of aromatic hydroxyl groups is 2. The van der Waals surface area contributed by atoms with Gasteiger partial charge in [-0.2, -0.15) is 0 Å². The van der Waals surface area contributed by atoms with Gasteiger partial charge in [-0.05, 0) is 90.8 Å². The van der Waals surface area contributed by atoms with Crippen LogP contribution in [-0.2, 0) is 17.6 Å². The maximum absolute atomic E-state index is 12.5. The number of imidazole rings is 1. The lowest BCUT2D eigenvalue weighted by atomic mass is 9.95. The minimum absolute atomic E-state index is 0.212. The summed E-state index contributed by atoms with van der Waals surface area (Å²) in [5, 5.41) is 34.5. The molecule has 0 bridgehead atoms. The molecule has 2 aliphatic heterocycles. The molecule has 1 saturated carbocycles. The molecule has 0 radical (unpaired) electrons. The third-order valence-corrected chi connectivity index (χ3v) is 16.3. The van der Waals surface area contributed by atoms with E-state index in [4.69, 9.17) is 24.9 Å². The van der Waals surface area contributed by atoms with Crippen molar-refractivity contribution in [2.75, 3.05) is 66.9 Å². The summed E-state index contributed by atoms with van der Waals surface area (Å²) < 4.78 is 4.56. The smallest absolute Gasteiger partial charge is 0.222 e. The van der Waals surface area contributed by atoms with Crippen LogP contribution in [-0.4, -0.2) is 96.9 Å². The zero-order valence-electron chi connectivity index (χ0n) is 39.6. The van der Waals surface area contributed by atoms with E-state index in [1.807, 2.05) is 35.5 Å². The van der Waals surface area contributed by atoms with Crippen molar-refractivity contribution < 1.29 is 15.0 Å². The van der Waals surface area contributed by atoms with E-state index in [0.29, 0.717) is 63.4 Å². The largest absolute Gasteiger partial charge is 0.508 e. The van der Waals surface area contributed by atoms with E-state index in [1.165, 1.54) is 24.0 Å². The van der Waals surface area contributed by atoms with Gasteiger partial charge in [-0.25, -0.2) is 24.9 Å². The first-order chi connectivity index (χ1) is 34.8. The standard InChI is InChI=1S/C55H55N11O3S2/c1-63-33-65(27-26-64-25-7-12-47(64)69)55-49(63)53(60-51(62-55)43-30-70-45-11-6-5-10-40(43)45)57-24-22-35-15-19-39(68)29-42(35)36-16-20-41-44(31-71-46(41)28-36)50-59-52(56-23-21-34-13-17-38(67)18-14-34)48-54(61-50)66(32-58-48)37-8-3-2-4-9-37/h5-6,10-11,13-20,28-32,37,67-68H,2-4,7-9,12,21-27,33H2,1H3,(H,56,59,61)(H,57,60,62). The quantitative estimate of drug-likeness (QED) is 0.0771. The average Bonchev–Trinajstić information content (AvgIpc) is 4.25. The minimum Gasteiger partial charge on any atom is -0.508 e. The van der Waals surface area contributed by atoms with E-state index < -0.39 is 0 Å². The monoisotopic (exact) mass is 981 g/mol. The van der Waals surface area contributed by atoms with Gasteiger partial charge in [0.25, 0.3) is 0 Å². The summed E-state index contributed by atoms with van der Waals surface area (Å²) >= 11 is 3.36. The molecule has 4 aromatic carbocycles. The summed E-state index contributed by atoms with van der Waals surface area (Å²) in [5.74, 6) is 4.39. The van der Waals surface area contributed by atoms with Crippen molar-refractivity contribution >= 4 is 83.1 Å². The Bertz CT molecular complexity index is 3440. The number of rotatable bonds is 15. The fourth-order valence-electron chi connectivity index (χ4n) is 10.7. The Labute approximate surface area is 419 Å². The van der Waals surface area contributed by atoms with Gasteiger partial charge in [0, 0.05) is 94.3 Å². The number of nitrogens with one attached hydrogen (secondary N) is 2. The molecule has 12 rings (SSSR count). The van der Waals surface area contributed by atoms with Crippen LogP contribution in [0.4, 0.5) is 23.1 Å². The van der Waals surface area contributed by atoms with Crippen LogP contribution in [0.2, 0.25) is 0 Å². The predicted octanol–water partition coefficient (Wildman–Crippen LogP) is 11.1. The second-order valence-electron chi connectivity index (χ2n) is 19.0. The van der Waals surface area contributed by atoms with Crippen molar-refractivity contribution in [2.24, 2.45) is 0 Å². The molecule has 2 fully saturated rings. The van der Waals surface area contributed by atoms with E-state index >= 15 is 0 Å². The summed E-state index contributed by atoms with van der Waals surface area (Å²) in [4.78, 5) is 44.7. The Morgan fingerprint density at radius 1 is 0.704 bits per heavy atom. The molecule has 0 unspecified atom stereocenters. The fourth-order valence-corrected chi connectivity index (χ4v) is 12.6. The molecule has 1 aliphatic carbocycles. The van der Waals surface area contributed by atoms with Crippen molar-refractivity contribution in [3.05, 3.63) is 113 Å². The Hall–Kier alpha value is -7.30. The number of likely N-dealkylation sites (tertiary alicyclic amines) is 1. The molecular formula is C55H55N11O3S2. The number of anilines is 4. The molecule has 1 amide bonds. The van der Waals surface area contributed by atoms with Gasteiger partial charge >= 0.3 is 0 Å². The van der Waals surface area contributed by atoms with E-state index in [-0.39, 0.29) is 17.4 Å². The van der Waals surface area contributed by atoms with Crippen LogP contribution >= 0.6 is 22.7 Å².